The van der Waals surface area contributed by atoms with Crippen LogP contribution in [0.15, 0.2) is 30.3 Å². The monoisotopic (exact) mass is 233 g/mol. The van der Waals surface area contributed by atoms with Crippen LogP contribution < -0.4 is 5.32 Å². The largest absolute Gasteiger partial charge is 0.396 e. The van der Waals surface area contributed by atoms with Gasteiger partial charge in [-0.05, 0) is 43.6 Å². The summed E-state index contributed by atoms with van der Waals surface area (Å²) in [6.45, 7) is 3.62. The molecule has 2 nitrogen and oxygen atoms in total. The van der Waals surface area contributed by atoms with Crippen LogP contribution in [0, 0.1) is 5.41 Å². The molecule has 1 saturated carbocycles. The van der Waals surface area contributed by atoms with Crippen molar-refractivity contribution in [3.8, 4) is 0 Å². The average molecular weight is 233 g/mol. The Morgan fingerprint density at radius 1 is 1.29 bits per heavy atom. The molecule has 0 spiro atoms. The van der Waals surface area contributed by atoms with E-state index in [0.717, 1.165) is 19.4 Å². The van der Waals surface area contributed by atoms with E-state index in [0.29, 0.717) is 18.1 Å². The summed E-state index contributed by atoms with van der Waals surface area (Å²) in [4.78, 5) is 0. The molecule has 0 bridgehead atoms. The normalized spacial score (nSPS) is 18.9. The average Bonchev–Trinajstić information content (AvgIpc) is 3.09. The molecule has 0 amide bonds. The van der Waals surface area contributed by atoms with Crippen molar-refractivity contribution in [2.75, 3.05) is 13.2 Å². The third kappa shape index (κ3) is 3.83. The fraction of sp³-hybridized carbons (Fsp3) is 0.600. The molecule has 0 saturated heterocycles. The van der Waals surface area contributed by atoms with E-state index in [1.807, 2.05) is 0 Å². The van der Waals surface area contributed by atoms with Gasteiger partial charge in [0.1, 0.15) is 0 Å². The van der Waals surface area contributed by atoms with Crippen molar-refractivity contribution in [1.82, 2.24) is 5.32 Å². The fourth-order valence-electron chi connectivity index (χ4n) is 2.36. The minimum Gasteiger partial charge on any atom is -0.396 e. The van der Waals surface area contributed by atoms with E-state index in [9.17, 15) is 0 Å². The van der Waals surface area contributed by atoms with Crippen LogP contribution in [-0.2, 0) is 6.42 Å². The van der Waals surface area contributed by atoms with Gasteiger partial charge < -0.3 is 10.4 Å². The molecule has 0 heterocycles. The van der Waals surface area contributed by atoms with Crippen LogP contribution in [0.25, 0.3) is 0 Å². The summed E-state index contributed by atoms with van der Waals surface area (Å²) in [6, 6.07) is 11.1. The molecule has 2 N–H and O–H groups in total. The topological polar surface area (TPSA) is 32.3 Å². The fourth-order valence-corrected chi connectivity index (χ4v) is 2.36. The van der Waals surface area contributed by atoms with Gasteiger partial charge in [-0.1, -0.05) is 30.3 Å². The van der Waals surface area contributed by atoms with Crippen LogP contribution >= 0.6 is 0 Å². The first-order valence-electron chi connectivity index (χ1n) is 6.62. The van der Waals surface area contributed by atoms with E-state index in [4.69, 9.17) is 5.11 Å². The van der Waals surface area contributed by atoms with Crippen LogP contribution in [0.3, 0.4) is 0 Å². The Bertz CT molecular complexity index is 332. The zero-order valence-electron chi connectivity index (χ0n) is 10.7. The molecule has 0 aromatic heterocycles. The Morgan fingerprint density at radius 3 is 2.59 bits per heavy atom. The maximum Gasteiger partial charge on any atom is 0.0436 e. The summed E-state index contributed by atoms with van der Waals surface area (Å²) in [6.07, 6.45) is 4.59. The van der Waals surface area contributed by atoms with E-state index in [-0.39, 0.29) is 0 Å². The number of rotatable bonds is 7. The number of aliphatic hydroxyl groups is 1. The van der Waals surface area contributed by atoms with E-state index in [1.54, 1.807) is 0 Å². The molecule has 1 aliphatic carbocycles. The third-order valence-electron chi connectivity index (χ3n) is 3.81. The molecule has 2 heteroatoms. The second kappa shape index (κ2) is 5.65. The van der Waals surface area contributed by atoms with Gasteiger partial charge in [0, 0.05) is 19.2 Å². The molecule has 0 aliphatic heterocycles. The van der Waals surface area contributed by atoms with Crippen LogP contribution in [-0.4, -0.2) is 24.3 Å². The zero-order valence-corrected chi connectivity index (χ0v) is 10.7. The van der Waals surface area contributed by atoms with Crippen molar-refractivity contribution in [1.29, 1.82) is 0 Å². The van der Waals surface area contributed by atoms with Gasteiger partial charge in [0.2, 0.25) is 0 Å². The molecule has 1 aliphatic rings. The predicted octanol–water partition coefficient (Wildman–Crippen LogP) is 2.37. The first-order chi connectivity index (χ1) is 8.24. The first kappa shape index (κ1) is 12.6. The number of hydrogen-bond acceptors (Lipinski definition) is 2. The Labute approximate surface area is 104 Å². The van der Waals surface area contributed by atoms with Gasteiger partial charge in [0.15, 0.2) is 0 Å². The Morgan fingerprint density at radius 2 is 2.00 bits per heavy atom. The molecule has 1 fully saturated rings. The number of nitrogens with one attached hydrogen (secondary N) is 1. The lowest BCUT2D eigenvalue weighted by Crippen LogP contribution is -2.33. The van der Waals surface area contributed by atoms with E-state index >= 15 is 0 Å². The molecule has 94 valence electrons. The van der Waals surface area contributed by atoms with Crippen LogP contribution in [0.2, 0.25) is 0 Å². The molecule has 1 atom stereocenters. The summed E-state index contributed by atoms with van der Waals surface area (Å²) >= 11 is 0. The minimum absolute atomic E-state index is 0.328. The summed E-state index contributed by atoms with van der Waals surface area (Å²) in [5, 5.41) is 12.6. The zero-order chi connectivity index (χ0) is 12.1. The summed E-state index contributed by atoms with van der Waals surface area (Å²) in [5.74, 6) is 0. The smallest absolute Gasteiger partial charge is 0.0436 e. The van der Waals surface area contributed by atoms with Crippen molar-refractivity contribution in [3.05, 3.63) is 35.9 Å². The molecular formula is C15H23NO. The van der Waals surface area contributed by atoms with E-state index in [2.05, 4.69) is 42.6 Å². The van der Waals surface area contributed by atoms with Gasteiger partial charge in [-0.25, -0.2) is 0 Å². The highest BCUT2D eigenvalue weighted by Crippen LogP contribution is 2.47. The maximum atomic E-state index is 9.01. The van der Waals surface area contributed by atoms with Crippen LogP contribution in [0.4, 0.5) is 0 Å². The SMILES string of the molecule is CC(Cc1ccccc1)NCC1(CCO)CC1. The number of hydrogen-bond donors (Lipinski definition) is 2. The van der Waals surface area contributed by atoms with Gasteiger partial charge in [0.25, 0.3) is 0 Å². The first-order valence-corrected chi connectivity index (χ1v) is 6.62. The molecule has 0 radical (unpaired) electrons. The van der Waals surface area contributed by atoms with E-state index in [1.165, 1.54) is 18.4 Å². The van der Waals surface area contributed by atoms with Gasteiger partial charge in [0.05, 0.1) is 0 Å². The van der Waals surface area contributed by atoms with Crippen LogP contribution in [0.5, 0.6) is 0 Å². The molecular weight excluding hydrogens is 210 g/mol. The highest BCUT2D eigenvalue weighted by Gasteiger charge is 2.41. The maximum absolute atomic E-state index is 9.01. The highest BCUT2D eigenvalue weighted by atomic mass is 16.3. The van der Waals surface area contributed by atoms with Gasteiger partial charge in [-0.2, -0.15) is 0 Å². The number of benzene rings is 1. The lowest BCUT2D eigenvalue weighted by atomic mass is 10.0. The van der Waals surface area contributed by atoms with Crippen molar-refractivity contribution >= 4 is 0 Å². The van der Waals surface area contributed by atoms with Gasteiger partial charge in [-0.15, -0.1) is 0 Å². The summed E-state index contributed by atoms with van der Waals surface area (Å²) in [7, 11) is 0. The lowest BCUT2D eigenvalue weighted by molar-refractivity contribution is 0.242. The Hall–Kier alpha value is -0.860. The molecule has 17 heavy (non-hydrogen) atoms. The standard InChI is InChI=1S/C15H23NO/c1-13(11-14-5-3-2-4-6-14)16-12-15(7-8-15)9-10-17/h2-6,13,16-17H,7-12H2,1H3. The van der Waals surface area contributed by atoms with Crippen molar-refractivity contribution in [2.45, 2.75) is 38.6 Å². The second-order valence-corrected chi connectivity index (χ2v) is 5.45. The highest BCUT2D eigenvalue weighted by molar-refractivity contribution is 5.15. The van der Waals surface area contributed by atoms with Gasteiger partial charge in [-0.3, -0.25) is 0 Å². The minimum atomic E-state index is 0.328. The quantitative estimate of drug-likeness (QED) is 0.758. The van der Waals surface area contributed by atoms with Crippen molar-refractivity contribution < 1.29 is 5.11 Å². The molecule has 1 aromatic carbocycles. The van der Waals surface area contributed by atoms with Crippen molar-refractivity contribution in [2.24, 2.45) is 5.41 Å². The summed E-state index contributed by atoms with van der Waals surface area (Å²) in [5.41, 5.74) is 1.80. The van der Waals surface area contributed by atoms with Crippen LogP contribution in [0.1, 0.15) is 31.7 Å². The number of aliphatic hydroxyl groups excluding tert-OH is 1. The predicted molar refractivity (Wildman–Crippen MR) is 71.0 cm³/mol. The molecule has 2 rings (SSSR count). The second-order valence-electron chi connectivity index (χ2n) is 5.45. The van der Waals surface area contributed by atoms with Crippen molar-refractivity contribution in [3.63, 3.8) is 0 Å². The Kier molecular flexibility index (Phi) is 4.19. The summed E-state index contributed by atoms with van der Waals surface area (Å²) < 4.78 is 0. The third-order valence-corrected chi connectivity index (χ3v) is 3.81. The Balaban J connectivity index is 1.73. The lowest BCUT2D eigenvalue weighted by Gasteiger charge is -2.19. The molecule has 1 aromatic rings. The van der Waals surface area contributed by atoms with E-state index < -0.39 is 0 Å². The van der Waals surface area contributed by atoms with Gasteiger partial charge >= 0.3 is 0 Å². The molecule has 1 unspecified atom stereocenters.